The third-order valence-electron chi connectivity index (χ3n) is 10.0. The number of carbonyl (C=O) groups excluding carboxylic acids is 4. The summed E-state index contributed by atoms with van der Waals surface area (Å²) in [6, 6.07) is 15.0. The van der Waals surface area contributed by atoms with Crippen LogP contribution in [-0.4, -0.2) is 48.0 Å². The van der Waals surface area contributed by atoms with Crippen LogP contribution in [0.5, 0.6) is 17.2 Å². The van der Waals surface area contributed by atoms with E-state index in [2.05, 4.69) is 26.7 Å². The SMILES string of the molecule is COc1ccc([C@@]23C(=O)N(Nc4ccc(Cl)cc4Cl)C(=O)[C@@H]2C[C@@H]2C(=CC[C@@H]4C(=O)NC(=O)[C@@H]42)[C@@H]3c2cc(Br)c(O)c(OC)c2)cc1. The van der Waals surface area contributed by atoms with Gasteiger partial charge in [0.05, 0.1) is 52.6 Å². The van der Waals surface area contributed by atoms with Crippen LogP contribution in [0.25, 0.3) is 0 Å². The van der Waals surface area contributed by atoms with Crippen molar-refractivity contribution in [3.63, 3.8) is 0 Å². The Balaban J connectivity index is 1.50. The third-order valence-corrected chi connectivity index (χ3v) is 11.2. The highest BCUT2D eigenvalue weighted by Gasteiger charge is 2.70. The molecule has 13 heteroatoms. The Bertz CT molecular complexity index is 1900. The number of hydrazine groups is 1. The number of halogens is 3. The van der Waals surface area contributed by atoms with Gasteiger partial charge in [0.2, 0.25) is 11.8 Å². The number of phenols is 1. The van der Waals surface area contributed by atoms with Gasteiger partial charge in [-0.2, -0.15) is 5.01 Å². The number of carbonyl (C=O) groups is 4. The normalized spacial score (nSPS) is 27.9. The number of nitrogens with one attached hydrogen (secondary N) is 2. The summed E-state index contributed by atoms with van der Waals surface area (Å²) in [4.78, 5) is 56.0. The first-order valence-corrected chi connectivity index (χ1v) is 16.4. The molecule has 242 valence electrons. The second kappa shape index (κ2) is 11.6. The summed E-state index contributed by atoms with van der Waals surface area (Å²) in [5.74, 6) is -4.84. The molecule has 0 spiro atoms. The van der Waals surface area contributed by atoms with Crippen LogP contribution >= 0.6 is 39.1 Å². The molecule has 3 fully saturated rings. The van der Waals surface area contributed by atoms with E-state index in [9.17, 15) is 19.5 Å². The van der Waals surface area contributed by atoms with Crippen LogP contribution in [0.4, 0.5) is 5.69 Å². The van der Waals surface area contributed by atoms with Crippen molar-refractivity contribution < 1.29 is 33.8 Å². The van der Waals surface area contributed by atoms with E-state index in [1.54, 1.807) is 48.5 Å². The summed E-state index contributed by atoms with van der Waals surface area (Å²) in [5, 5.41) is 14.8. The number of hydrogen-bond donors (Lipinski definition) is 3. The molecule has 2 aliphatic heterocycles. The van der Waals surface area contributed by atoms with E-state index in [1.165, 1.54) is 20.3 Å². The molecule has 1 saturated carbocycles. The van der Waals surface area contributed by atoms with Crippen LogP contribution in [0.2, 0.25) is 10.0 Å². The first-order valence-electron chi connectivity index (χ1n) is 14.9. The van der Waals surface area contributed by atoms with E-state index in [0.717, 1.165) is 10.6 Å². The van der Waals surface area contributed by atoms with Gasteiger partial charge in [0.1, 0.15) is 5.75 Å². The van der Waals surface area contributed by atoms with Crippen LogP contribution in [-0.2, 0) is 24.6 Å². The van der Waals surface area contributed by atoms with Crippen LogP contribution in [0.1, 0.15) is 29.9 Å². The van der Waals surface area contributed by atoms with Gasteiger partial charge in [-0.05, 0) is 88.3 Å². The van der Waals surface area contributed by atoms with Gasteiger partial charge in [-0.1, -0.05) is 47.0 Å². The number of nitrogens with zero attached hydrogens (tertiary/aromatic N) is 1. The number of amides is 4. The first kappa shape index (κ1) is 31.5. The lowest BCUT2D eigenvalue weighted by Crippen LogP contribution is -2.53. The van der Waals surface area contributed by atoms with Gasteiger partial charge in [-0.15, -0.1) is 0 Å². The standard InChI is InChI=1S/C34H28BrCl2N3O7/c1-46-18-6-3-16(4-7-18)34-22(32(44)40(33(34)45)39-25-10-5-17(36)13-24(25)37)14-21-19(8-9-20-27(21)31(43)38-30(20)42)28(34)15-11-23(35)29(41)26(12-15)47-2/h3-8,10-13,20-22,27-28,39,41H,9,14H2,1-2H3,(H,38,42,43)/t20-,21+,22-,27-,28-,34+/m0/s1. The van der Waals surface area contributed by atoms with E-state index in [4.69, 9.17) is 32.7 Å². The molecule has 3 aromatic rings. The van der Waals surface area contributed by atoms with Gasteiger partial charge in [0, 0.05) is 10.9 Å². The van der Waals surface area contributed by atoms with Gasteiger partial charge < -0.3 is 14.6 Å². The van der Waals surface area contributed by atoms with Crippen LogP contribution in [0.3, 0.4) is 0 Å². The van der Waals surface area contributed by atoms with Crippen molar-refractivity contribution in [1.82, 2.24) is 10.3 Å². The number of fused-ring (bicyclic) bond motifs is 4. The van der Waals surface area contributed by atoms with Gasteiger partial charge in [0.15, 0.2) is 11.5 Å². The average molecular weight is 741 g/mol. The number of aromatic hydroxyl groups is 1. The smallest absolute Gasteiger partial charge is 0.260 e. The molecule has 2 aliphatic carbocycles. The Kier molecular flexibility index (Phi) is 7.76. The van der Waals surface area contributed by atoms with Crippen LogP contribution < -0.4 is 20.2 Å². The predicted molar refractivity (Wildman–Crippen MR) is 176 cm³/mol. The molecular weight excluding hydrogens is 713 g/mol. The lowest BCUT2D eigenvalue weighted by atomic mass is 9.49. The van der Waals surface area contributed by atoms with Gasteiger partial charge in [-0.3, -0.25) is 29.9 Å². The topological polar surface area (TPSA) is 134 Å². The Morgan fingerprint density at radius 1 is 0.979 bits per heavy atom. The van der Waals surface area contributed by atoms with Crippen molar-refractivity contribution in [1.29, 1.82) is 0 Å². The summed E-state index contributed by atoms with van der Waals surface area (Å²) in [7, 11) is 2.95. The number of allylic oxidation sites excluding steroid dienone is 2. The quantitative estimate of drug-likeness (QED) is 0.215. The zero-order chi connectivity index (χ0) is 33.4. The number of rotatable bonds is 6. The molecule has 0 unspecified atom stereocenters. The van der Waals surface area contributed by atoms with E-state index in [1.807, 2.05) is 6.08 Å². The number of phenolic OH excluding ortho intramolecular Hbond substituents is 1. The second-order valence-electron chi connectivity index (χ2n) is 12.1. The summed E-state index contributed by atoms with van der Waals surface area (Å²) >= 11 is 16.0. The number of anilines is 1. The maximum absolute atomic E-state index is 15.2. The van der Waals surface area contributed by atoms with Gasteiger partial charge >= 0.3 is 0 Å². The third kappa shape index (κ3) is 4.65. The van der Waals surface area contributed by atoms with Crippen molar-refractivity contribution in [3.8, 4) is 17.2 Å². The highest BCUT2D eigenvalue weighted by Crippen LogP contribution is 2.64. The summed E-state index contributed by atoms with van der Waals surface area (Å²) in [6.45, 7) is 0. The molecule has 4 aliphatic rings. The molecule has 0 aromatic heterocycles. The van der Waals surface area contributed by atoms with Crippen LogP contribution in [0.15, 0.2) is 70.7 Å². The molecule has 0 radical (unpaired) electrons. The minimum atomic E-state index is -1.54. The monoisotopic (exact) mass is 739 g/mol. The lowest BCUT2D eigenvalue weighted by Gasteiger charge is -2.50. The molecule has 7 rings (SSSR count). The summed E-state index contributed by atoms with van der Waals surface area (Å²) < 4.78 is 11.3. The Morgan fingerprint density at radius 2 is 1.72 bits per heavy atom. The number of methoxy groups -OCH3 is 2. The van der Waals surface area contributed by atoms with E-state index in [-0.39, 0.29) is 35.3 Å². The Hall–Kier alpha value is -4.06. The summed E-state index contributed by atoms with van der Waals surface area (Å²) in [5.41, 5.74) is 3.60. The van der Waals surface area contributed by atoms with Gasteiger partial charge in [0.25, 0.3) is 11.8 Å². The Morgan fingerprint density at radius 3 is 2.40 bits per heavy atom. The van der Waals surface area contributed by atoms with Crippen molar-refractivity contribution in [3.05, 3.63) is 91.9 Å². The maximum atomic E-state index is 15.2. The van der Waals surface area contributed by atoms with Crippen molar-refractivity contribution in [2.24, 2.45) is 23.7 Å². The Labute approximate surface area is 288 Å². The molecule has 4 amide bonds. The molecular formula is C34H28BrCl2N3O7. The molecule has 2 saturated heterocycles. The van der Waals surface area contributed by atoms with Crippen LogP contribution in [0, 0.1) is 23.7 Å². The van der Waals surface area contributed by atoms with E-state index >= 15 is 4.79 Å². The first-order chi connectivity index (χ1) is 22.5. The maximum Gasteiger partial charge on any atom is 0.260 e. The highest BCUT2D eigenvalue weighted by atomic mass is 79.9. The fraction of sp³-hybridized carbons (Fsp3) is 0.294. The van der Waals surface area contributed by atoms with Crippen molar-refractivity contribution in [2.75, 3.05) is 19.6 Å². The number of benzene rings is 3. The number of hydrogen-bond acceptors (Lipinski definition) is 8. The zero-order valence-electron chi connectivity index (χ0n) is 25.1. The predicted octanol–water partition coefficient (Wildman–Crippen LogP) is 5.75. The highest BCUT2D eigenvalue weighted by molar-refractivity contribution is 9.10. The molecule has 10 nitrogen and oxygen atoms in total. The fourth-order valence-corrected chi connectivity index (χ4v) is 8.96. The summed E-state index contributed by atoms with van der Waals surface area (Å²) in [6.07, 6.45) is 2.35. The van der Waals surface area contributed by atoms with Crippen molar-refractivity contribution in [2.45, 2.75) is 24.2 Å². The molecule has 6 atom stereocenters. The lowest BCUT2D eigenvalue weighted by molar-refractivity contribution is -0.138. The average Bonchev–Trinajstić information content (AvgIpc) is 3.47. The van der Waals surface area contributed by atoms with Gasteiger partial charge in [-0.25, -0.2) is 0 Å². The molecule has 47 heavy (non-hydrogen) atoms. The zero-order valence-corrected chi connectivity index (χ0v) is 28.2. The largest absolute Gasteiger partial charge is 0.503 e. The fourth-order valence-electron chi connectivity index (χ4n) is 8.05. The van der Waals surface area contributed by atoms with E-state index < -0.39 is 52.7 Å². The molecule has 0 bridgehead atoms. The van der Waals surface area contributed by atoms with E-state index in [0.29, 0.717) is 32.1 Å². The molecule has 3 N–H and O–H groups in total. The number of ether oxygens (including phenoxy) is 2. The minimum Gasteiger partial charge on any atom is -0.503 e. The minimum absolute atomic E-state index is 0.129. The molecule has 2 heterocycles. The van der Waals surface area contributed by atoms with Crippen molar-refractivity contribution >= 4 is 68.4 Å². The molecule has 3 aromatic carbocycles. The second-order valence-corrected chi connectivity index (χ2v) is 13.8. The number of imide groups is 2.